The smallest absolute Gasteiger partial charge is 0.238 e. The van der Waals surface area contributed by atoms with Gasteiger partial charge in [-0.1, -0.05) is 32.1 Å². The van der Waals surface area contributed by atoms with Crippen LogP contribution in [0.5, 0.6) is 0 Å². The highest BCUT2D eigenvalue weighted by Gasteiger charge is 2.17. The minimum Gasteiger partial charge on any atom is -0.367 e. The van der Waals surface area contributed by atoms with Gasteiger partial charge in [-0.2, -0.15) is 0 Å². The maximum absolute atomic E-state index is 12.8. The second-order valence-electron chi connectivity index (χ2n) is 8.35. The normalized spacial score (nSPS) is 14.7. The molecule has 1 fully saturated rings. The second kappa shape index (κ2) is 10.2. The number of aryl methyl sites for hydroxylation is 2. The first-order valence-corrected chi connectivity index (χ1v) is 11.2. The molecule has 0 saturated heterocycles. The fraction of sp³-hybridized carbons (Fsp3) is 0.478. The first kappa shape index (κ1) is 23.0. The lowest BCUT2D eigenvalue weighted by molar-refractivity contribution is 0.104. The summed E-state index contributed by atoms with van der Waals surface area (Å²) >= 11 is 0. The quantitative estimate of drug-likeness (QED) is 0.442. The van der Waals surface area contributed by atoms with Gasteiger partial charge in [-0.3, -0.25) is 0 Å². The molecular weight excluding hydrogens is 431 g/mol. The molecule has 0 amide bonds. The predicted octanol–water partition coefficient (Wildman–Crippen LogP) is 5.22. The third-order valence-electron chi connectivity index (χ3n) is 6.04. The zero-order chi connectivity index (χ0) is 23.4. The number of fused-ring (bicyclic) bond motifs is 2. The summed E-state index contributed by atoms with van der Waals surface area (Å²) in [5.74, 6) is 1.29. The van der Waals surface area contributed by atoms with Crippen LogP contribution in [0.3, 0.4) is 0 Å². The van der Waals surface area contributed by atoms with Gasteiger partial charge in [0.2, 0.25) is 12.4 Å². The summed E-state index contributed by atoms with van der Waals surface area (Å²) in [6.07, 6.45) is 7.17. The number of halogens is 3. The van der Waals surface area contributed by atoms with E-state index < -0.39 is 13.1 Å². The maximum atomic E-state index is 12.8. The molecule has 2 N–H and O–H groups in total. The van der Waals surface area contributed by atoms with Crippen molar-refractivity contribution >= 4 is 22.6 Å². The number of hydrogen-bond acceptors (Lipinski definition) is 5. The first-order valence-electron chi connectivity index (χ1n) is 11.2. The summed E-state index contributed by atoms with van der Waals surface area (Å²) in [4.78, 5) is 13.1. The average Bonchev–Trinajstić information content (AvgIpc) is 3.35. The van der Waals surface area contributed by atoms with Gasteiger partial charge >= 0.3 is 0 Å². The lowest BCUT2D eigenvalue weighted by Crippen LogP contribution is -2.09. The maximum Gasteiger partial charge on any atom is 0.238 e. The van der Waals surface area contributed by atoms with Crippen molar-refractivity contribution in [2.45, 2.75) is 58.4 Å². The fourth-order valence-corrected chi connectivity index (χ4v) is 4.42. The van der Waals surface area contributed by atoms with Gasteiger partial charge in [-0.05, 0) is 31.0 Å². The average molecular weight is 460 g/mol. The summed E-state index contributed by atoms with van der Waals surface area (Å²) in [5, 5.41) is 4.12. The van der Waals surface area contributed by atoms with E-state index in [0.29, 0.717) is 11.6 Å². The van der Waals surface area contributed by atoms with E-state index in [1.807, 2.05) is 25.1 Å². The molecular formula is C23H28F3N7. The summed E-state index contributed by atoms with van der Waals surface area (Å²) in [6, 6.07) is 5.68. The Kier molecular flexibility index (Phi) is 7.10. The van der Waals surface area contributed by atoms with Crippen LogP contribution in [0.25, 0.3) is 27.9 Å². The van der Waals surface area contributed by atoms with E-state index in [4.69, 9.17) is 5.73 Å². The Bertz CT molecular complexity index is 1210. The number of nitrogens with two attached hydrogens (primary N) is 1. The Labute approximate surface area is 189 Å². The van der Waals surface area contributed by atoms with E-state index in [-0.39, 0.29) is 18.9 Å². The molecule has 0 aromatic carbocycles. The molecule has 0 bridgehead atoms. The molecule has 33 heavy (non-hydrogen) atoms. The van der Waals surface area contributed by atoms with Gasteiger partial charge in [-0.15, -0.1) is 5.10 Å². The number of pyridine rings is 1. The van der Waals surface area contributed by atoms with Crippen molar-refractivity contribution in [1.82, 2.24) is 29.1 Å². The van der Waals surface area contributed by atoms with Gasteiger partial charge in [0.25, 0.3) is 0 Å². The van der Waals surface area contributed by atoms with Gasteiger partial charge in [0.05, 0.1) is 24.0 Å². The molecule has 10 heteroatoms. The van der Waals surface area contributed by atoms with Crippen LogP contribution < -0.4 is 5.73 Å². The molecule has 0 aliphatic heterocycles. The Morgan fingerprint density at radius 3 is 2.64 bits per heavy atom. The molecule has 4 heterocycles. The Morgan fingerprint density at radius 1 is 1.12 bits per heavy atom. The van der Waals surface area contributed by atoms with Gasteiger partial charge in [0.1, 0.15) is 18.0 Å². The van der Waals surface area contributed by atoms with Crippen LogP contribution in [0.4, 0.5) is 19.1 Å². The highest BCUT2D eigenvalue weighted by atomic mass is 19.3. The highest BCUT2D eigenvalue weighted by Crippen LogP contribution is 2.28. The topological polar surface area (TPSA) is 86.9 Å². The number of rotatable bonds is 5. The van der Waals surface area contributed by atoms with Crippen molar-refractivity contribution in [3.63, 3.8) is 0 Å². The van der Waals surface area contributed by atoms with E-state index in [2.05, 4.69) is 20.1 Å². The second-order valence-corrected chi connectivity index (χ2v) is 8.35. The van der Waals surface area contributed by atoms with E-state index >= 15 is 0 Å². The Hall–Kier alpha value is -3.17. The molecule has 5 rings (SSSR count). The number of hydrogen-bond donors (Lipinski definition) is 1. The molecule has 1 saturated carbocycles. The number of alkyl halides is 3. The molecule has 1 aliphatic rings. The van der Waals surface area contributed by atoms with Crippen molar-refractivity contribution < 1.29 is 13.2 Å². The lowest BCUT2D eigenvalue weighted by Gasteiger charge is -2.20. The number of nitrogens with zero attached hydrogens (tertiary/aromatic N) is 6. The van der Waals surface area contributed by atoms with E-state index in [0.717, 1.165) is 53.8 Å². The van der Waals surface area contributed by atoms with Crippen molar-refractivity contribution in [3.05, 3.63) is 36.4 Å². The molecule has 0 atom stereocenters. The Morgan fingerprint density at radius 2 is 1.91 bits per heavy atom. The molecule has 0 spiro atoms. The Balaban J connectivity index is 0.000000219. The van der Waals surface area contributed by atoms with E-state index in [1.54, 1.807) is 21.5 Å². The zero-order valence-electron chi connectivity index (χ0n) is 18.6. The predicted molar refractivity (Wildman–Crippen MR) is 122 cm³/mol. The molecule has 176 valence electrons. The summed E-state index contributed by atoms with van der Waals surface area (Å²) in [6.45, 7) is 1.64. The van der Waals surface area contributed by atoms with Gasteiger partial charge < -0.3 is 10.3 Å². The third-order valence-corrected chi connectivity index (χ3v) is 6.04. The van der Waals surface area contributed by atoms with Gasteiger partial charge in [-0.25, -0.2) is 32.6 Å². The van der Waals surface area contributed by atoms with E-state index in [1.165, 1.54) is 6.42 Å². The SMILES string of the molecule is Cc1nc2ccc(-c3ccn4nc(N)ncc34)nc2n1CCF.FC(F)CC1CCCCC1. The van der Waals surface area contributed by atoms with Crippen LogP contribution in [0.15, 0.2) is 30.6 Å². The minimum atomic E-state index is -2.08. The largest absolute Gasteiger partial charge is 0.367 e. The monoisotopic (exact) mass is 459 g/mol. The lowest BCUT2D eigenvalue weighted by atomic mass is 9.87. The highest BCUT2D eigenvalue weighted by molar-refractivity contribution is 5.82. The number of aromatic nitrogens is 6. The van der Waals surface area contributed by atoms with Crippen LogP contribution >= 0.6 is 0 Å². The minimum absolute atomic E-state index is 0.139. The molecule has 4 aromatic rings. The molecule has 1 aliphatic carbocycles. The molecule has 4 aromatic heterocycles. The van der Waals surface area contributed by atoms with Crippen molar-refractivity contribution in [1.29, 1.82) is 0 Å². The van der Waals surface area contributed by atoms with Crippen LogP contribution in [-0.4, -0.2) is 42.2 Å². The van der Waals surface area contributed by atoms with Crippen molar-refractivity contribution in [2.24, 2.45) is 5.92 Å². The summed E-state index contributed by atoms with van der Waals surface area (Å²) < 4.78 is 39.9. The standard InChI is InChI=1S/C15H14FN7.C8H14F2/c1-9-19-12-3-2-11(20-14(12)22(9)7-5-16)10-4-6-23-13(10)8-18-15(17)21-23;9-8(10)6-7-4-2-1-3-5-7/h2-4,6,8H,5,7H2,1H3,(H2,17,21);7-8H,1-6H2. The molecule has 0 radical (unpaired) electrons. The van der Waals surface area contributed by atoms with Crippen LogP contribution in [0.1, 0.15) is 44.3 Å². The van der Waals surface area contributed by atoms with Gasteiger partial charge in [0, 0.05) is 18.2 Å². The van der Waals surface area contributed by atoms with Crippen molar-refractivity contribution in [3.8, 4) is 11.3 Å². The summed E-state index contributed by atoms with van der Waals surface area (Å²) in [7, 11) is 0. The van der Waals surface area contributed by atoms with Crippen LogP contribution in [0.2, 0.25) is 0 Å². The van der Waals surface area contributed by atoms with E-state index in [9.17, 15) is 13.2 Å². The number of anilines is 1. The molecule has 0 unspecified atom stereocenters. The van der Waals surface area contributed by atoms with Crippen LogP contribution in [0, 0.1) is 12.8 Å². The zero-order valence-corrected chi connectivity index (χ0v) is 18.6. The van der Waals surface area contributed by atoms with Gasteiger partial charge in [0.15, 0.2) is 5.65 Å². The number of imidazole rings is 1. The van der Waals surface area contributed by atoms with Crippen molar-refractivity contribution in [2.75, 3.05) is 12.4 Å². The molecule has 7 nitrogen and oxygen atoms in total. The fourth-order valence-electron chi connectivity index (χ4n) is 4.42. The summed E-state index contributed by atoms with van der Waals surface area (Å²) in [5.41, 5.74) is 9.47. The first-order chi connectivity index (χ1) is 16.0. The number of nitrogen functional groups attached to an aromatic ring is 1. The van der Waals surface area contributed by atoms with Crippen LogP contribution in [-0.2, 0) is 6.54 Å². The third kappa shape index (κ3) is 5.26.